The van der Waals surface area contributed by atoms with E-state index in [2.05, 4.69) is 70.0 Å². The van der Waals surface area contributed by atoms with Crippen molar-refractivity contribution in [3.8, 4) is 5.69 Å². The van der Waals surface area contributed by atoms with E-state index in [1.54, 1.807) is 0 Å². The number of para-hydroxylation sites is 1. The Hall–Kier alpha value is -3.15. The van der Waals surface area contributed by atoms with Crippen LogP contribution < -0.4 is 10.2 Å². The maximum Gasteiger partial charge on any atom is 0.174 e. The smallest absolute Gasteiger partial charge is 0.174 e. The standard InChI is InChI=1S/C26H23ClN4S/c1-17-16-22(18(2)30(17)20-8-4-3-5-9-20)25-24(23-10-6-7-15-28-23)29-26(32)31(25)21-13-11-19(27)12-14-21/h3-16,24-25H,1-2H3,(H,29,32)/t24-,25-/m1/s1. The van der Waals surface area contributed by atoms with Crippen molar-refractivity contribution in [3.63, 3.8) is 0 Å². The van der Waals surface area contributed by atoms with Gasteiger partial charge in [-0.05, 0) is 86.2 Å². The van der Waals surface area contributed by atoms with Crippen LogP contribution in [-0.4, -0.2) is 14.7 Å². The average molecular weight is 459 g/mol. The Labute approximate surface area is 198 Å². The van der Waals surface area contributed by atoms with Gasteiger partial charge in [0.2, 0.25) is 0 Å². The predicted octanol–water partition coefficient (Wildman–Crippen LogP) is 6.32. The molecule has 0 aliphatic carbocycles. The number of benzene rings is 2. The summed E-state index contributed by atoms with van der Waals surface area (Å²) in [5.74, 6) is 0. The topological polar surface area (TPSA) is 33.1 Å². The van der Waals surface area contributed by atoms with Crippen LogP contribution in [0, 0.1) is 13.8 Å². The molecule has 0 amide bonds. The number of hydrogen-bond acceptors (Lipinski definition) is 2. The molecule has 2 aromatic carbocycles. The third kappa shape index (κ3) is 3.57. The molecule has 0 unspecified atom stereocenters. The molecule has 32 heavy (non-hydrogen) atoms. The monoisotopic (exact) mass is 458 g/mol. The summed E-state index contributed by atoms with van der Waals surface area (Å²) in [5.41, 5.74) is 6.68. The molecule has 4 aromatic rings. The van der Waals surface area contributed by atoms with Crippen LogP contribution >= 0.6 is 23.8 Å². The molecule has 0 spiro atoms. The summed E-state index contributed by atoms with van der Waals surface area (Å²) in [6, 6.07) is 26.4. The Balaban J connectivity index is 1.68. The summed E-state index contributed by atoms with van der Waals surface area (Å²) in [7, 11) is 0. The molecule has 1 aliphatic heterocycles. The molecule has 1 fully saturated rings. The van der Waals surface area contributed by atoms with E-state index in [0.717, 1.165) is 17.1 Å². The third-order valence-electron chi connectivity index (χ3n) is 6.01. The van der Waals surface area contributed by atoms with Gasteiger partial charge in [-0.15, -0.1) is 0 Å². The van der Waals surface area contributed by atoms with Crippen molar-refractivity contribution in [2.45, 2.75) is 25.9 Å². The van der Waals surface area contributed by atoms with Crippen LogP contribution in [0.5, 0.6) is 0 Å². The second kappa shape index (κ2) is 8.41. The van der Waals surface area contributed by atoms with Gasteiger partial charge in [-0.3, -0.25) is 4.98 Å². The summed E-state index contributed by atoms with van der Waals surface area (Å²) in [4.78, 5) is 6.84. The fourth-order valence-corrected chi connectivity index (χ4v) is 5.08. The maximum atomic E-state index is 6.17. The summed E-state index contributed by atoms with van der Waals surface area (Å²) < 4.78 is 2.30. The molecule has 6 heteroatoms. The molecule has 0 bridgehead atoms. The number of aromatic nitrogens is 2. The van der Waals surface area contributed by atoms with Crippen molar-refractivity contribution in [3.05, 3.63) is 113 Å². The number of rotatable bonds is 4. The highest BCUT2D eigenvalue weighted by atomic mass is 35.5. The van der Waals surface area contributed by atoms with E-state index >= 15 is 0 Å². The largest absolute Gasteiger partial charge is 0.351 e. The predicted molar refractivity (Wildman–Crippen MR) is 135 cm³/mol. The first-order valence-electron chi connectivity index (χ1n) is 10.5. The number of halogens is 1. The Morgan fingerprint density at radius 1 is 0.906 bits per heavy atom. The number of hydrogen-bond donors (Lipinski definition) is 1. The molecule has 1 N–H and O–H groups in total. The van der Waals surface area contributed by atoms with Crippen molar-refractivity contribution in [2.75, 3.05) is 4.90 Å². The van der Waals surface area contributed by atoms with Crippen molar-refractivity contribution in [1.82, 2.24) is 14.9 Å². The zero-order valence-corrected chi connectivity index (χ0v) is 19.4. The van der Waals surface area contributed by atoms with Gasteiger partial charge in [-0.25, -0.2) is 0 Å². The van der Waals surface area contributed by atoms with E-state index < -0.39 is 0 Å². The summed E-state index contributed by atoms with van der Waals surface area (Å²) in [6.45, 7) is 4.32. The molecule has 160 valence electrons. The maximum absolute atomic E-state index is 6.17. The van der Waals surface area contributed by atoms with Gasteiger partial charge in [0.1, 0.15) is 0 Å². The molecule has 0 saturated carbocycles. The van der Waals surface area contributed by atoms with E-state index in [9.17, 15) is 0 Å². The van der Waals surface area contributed by atoms with Gasteiger partial charge in [0.05, 0.1) is 17.8 Å². The number of nitrogens with zero attached hydrogens (tertiary/aromatic N) is 3. The number of nitrogens with one attached hydrogen (secondary N) is 1. The Kier molecular flexibility index (Phi) is 5.45. The van der Waals surface area contributed by atoms with Crippen LogP contribution in [0.1, 0.15) is 34.7 Å². The van der Waals surface area contributed by atoms with E-state index in [1.807, 2.05) is 48.7 Å². The molecule has 3 heterocycles. The first-order chi connectivity index (χ1) is 15.5. The van der Waals surface area contributed by atoms with Gasteiger partial charge in [0.15, 0.2) is 5.11 Å². The van der Waals surface area contributed by atoms with Crippen LogP contribution in [0.3, 0.4) is 0 Å². The van der Waals surface area contributed by atoms with Crippen LogP contribution in [0.4, 0.5) is 5.69 Å². The SMILES string of the molecule is Cc1cc([C@@H]2[C@@H](c3ccccn3)NC(=S)N2c2ccc(Cl)cc2)c(C)n1-c1ccccc1. The molecule has 1 saturated heterocycles. The minimum Gasteiger partial charge on any atom is -0.351 e. The fraction of sp³-hybridized carbons (Fsp3) is 0.154. The zero-order valence-electron chi connectivity index (χ0n) is 17.9. The van der Waals surface area contributed by atoms with Gasteiger partial charge >= 0.3 is 0 Å². The first-order valence-corrected chi connectivity index (χ1v) is 11.3. The summed E-state index contributed by atoms with van der Waals surface area (Å²) >= 11 is 12.0. The Bertz CT molecular complexity index is 1250. The molecule has 2 aromatic heterocycles. The lowest BCUT2D eigenvalue weighted by Gasteiger charge is -2.28. The summed E-state index contributed by atoms with van der Waals surface area (Å²) in [6.07, 6.45) is 1.83. The highest BCUT2D eigenvalue weighted by Gasteiger charge is 2.42. The molecule has 0 radical (unpaired) electrons. The van der Waals surface area contributed by atoms with Crippen LogP contribution in [0.2, 0.25) is 5.02 Å². The van der Waals surface area contributed by atoms with Crippen molar-refractivity contribution in [1.29, 1.82) is 0 Å². The van der Waals surface area contributed by atoms with Gasteiger partial charge in [-0.1, -0.05) is 35.9 Å². The Morgan fingerprint density at radius 3 is 2.31 bits per heavy atom. The highest BCUT2D eigenvalue weighted by molar-refractivity contribution is 7.80. The number of thiocarbonyl (C=S) groups is 1. The minimum absolute atomic E-state index is 0.0535. The van der Waals surface area contributed by atoms with E-state index in [0.29, 0.717) is 10.1 Å². The lowest BCUT2D eigenvalue weighted by molar-refractivity contribution is 0.565. The molecular weight excluding hydrogens is 436 g/mol. The van der Waals surface area contributed by atoms with Crippen LogP contribution in [-0.2, 0) is 0 Å². The molecule has 4 nitrogen and oxygen atoms in total. The fourth-order valence-electron chi connectivity index (χ4n) is 4.61. The van der Waals surface area contributed by atoms with E-state index in [1.165, 1.54) is 17.0 Å². The normalized spacial score (nSPS) is 18.1. The lowest BCUT2D eigenvalue weighted by atomic mass is 9.96. The molecule has 5 rings (SSSR count). The van der Waals surface area contributed by atoms with Gasteiger partial charge in [-0.2, -0.15) is 0 Å². The van der Waals surface area contributed by atoms with E-state index in [-0.39, 0.29) is 12.1 Å². The van der Waals surface area contributed by atoms with E-state index in [4.69, 9.17) is 23.8 Å². The van der Waals surface area contributed by atoms with Gasteiger partial charge in [0, 0.05) is 34.0 Å². The Morgan fingerprint density at radius 2 is 1.62 bits per heavy atom. The highest BCUT2D eigenvalue weighted by Crippen LogP contribution is 2.43. The number of aryl methyl sites for hydroxylation is 1. The summed E-state index contributed by atoms with van der Waals surface area (Å²) in [5, 5.41) is 4.91. The number of anilines is 1. The lowest BCUT2D eigenvalue weighted by Crippen LogP contribution is -2.29. The molecular formula is C26H23ClN4S. The average Bonchev–Trinajstić information content (AvgIpc) is 3.31. The second-order valence-corrected chi connectivity index (χ2v) is 8.79. The van der Waals surface area contributed by atoms with Crippen LogP contribution in [0.25, 0.3) is 5.69 Å². The van der Waals surface area contributed by atoms with Gasteiger partial charge in [0.25, 0.3) is 0 Å². The molecule has 2 atom stereocenters. The quantitative estimate of drug-likeness (QED) is 0.363. The van der Waals surface area contributed by atoms with Crippen molar-refractivity contribution in [2.24, 2.45) is 0 Å². The zero-order chi connectivity index (χ0) is 22.2. The number of pyridine rings is 1. The van der Waals surface area contributed by atoms with Gasteiger partial charge < -0.3 is 14.8 Å². The third-order valence-corrected chi connectivity index (χ3v) is 6.57. The van der Waals surface area contributed by atoms with Crippen molar-refractivity contribution >= 4 is 34.6 Å². The van der Waals surface area contributed by atoms with Crippen molar-refractivity contribution < 1.29 is 0 Å². The molecule has 1 aliphatic rings. The minimum atomic E-state index is -0.0795. The first kappa shape index (κ1) is 20.7. The van der Waals surface area contributed by atoms with Crippen LogP contribution in [0.15, 0.2) is 85.1 Å². The second-order valence-electron chi connectivity index (χ2n) is 7.97.